The third kappa shape index (κ3) is 1.05. The number of hydrogen-bond donors (Lipinski definition) is 1. The highest BCUT2D eigenvalue weighted by Gasteiger charge is 2.48. The zero-order valence-electron chi connectivity index (χ0n) is 7.55. The molecule has 0 saturated heterocycles. The molecule has 0 aliphatic heterocycles. The molecule has 0 spiro atoms. The number of aliphatic carboxylic acids is 1. The van der Waals surface area contributed by atoms with Crippen LogP contribution in [0, 0.1) is 17.3 Å². The summed E-state index contributed by atoms with van der Waals surface area (Å²) in [6, 6.07) is 0. The Kier molecular flexibility index (Phi) is 1.67. The van der Waals surface area contributed by atoms with Gasteiger partial charge in [0.2, 0.25) is 0 Å². The number of carboxylic acids is 1. The van der Waals surface area contributed by atoms with Crippen molar-refractivity contribution in [3.05, 3.63) is 0 Å². The van der Waals surface area contributed by atoms with Crippen LogP contribution in [-0.4, -0.2) is 11.1 Å². The van der Waals surface area contributed by atoms with Crippen LogP contribution >= 0.6 is 0 Å². The number of hydrogen-bond acceptors (Lipinski definition) is 1. The summed E-state index contributed by atoms with van der Waals surface area (Å²) in [6.07, 6.45) is 5.71. The topological polar surface area (TPSA) is 37.3 Å². The zero-order chi connectivity index (χ0) is 8.77. The van der Waals surface area contributed by atoms with Gasteiger partial charge in [-0.05, 0) is 31.6 Å². The van der Waals surface area contributed by atoms with Gasteiger partial charge in [-0.25, -0.2) is 0 Å². The second kappa shape index (κ2) is 2.48. The van der Waals surface area contributed by atoms with E-state index in [2.05, 4.69) is 0 Å². The molecule has 2 rings (SSSR count). The molecule has 1 N–H and O–H groups in total. The number of rotatable bonds is 1. The van der Waals surface area contributed by atoms with Crippen LogP contribution in [0.2, 0.25) is 0 Å². The molecule has 0 aromatic heterocycles. The Labute approximate surface area is 73.0 Å². The van der Waals surface area contributed by atoms with Gasteiger partial charge in [0.25, 0.3) is 0 Å². The van der Waals surface area contributed by atoms with Gasteiger partial charge < -0.3 is 5.11 Å². The summed E-state index contributed by atoms with van der Waals surface area (Å²) in [4.78, 5) is 11.0. The molecule has 12 heavy (non-hydrogen) atoms. The van der Waals surface area contributed by atoms with E-state index >= 15 is 0 Å². The maximum absolute atomic E-state index is 11.0. The number of carboxylic acid groups (broad SMARTS) is 1. The van der Waals surface area contributed by atoms with Gasteiger partial charge >= 0.3 is 5.97 Å². The van der Waals surface area contributed by atoms with Crippen LogP contribution in [0.1, 0.15) is 39.0 Å². The summed E-state index contributed by atoms with van der Waals surface area (Å²) < 4.78 is 0. The molecule has 0 bridgehead atoms. The van der Waals surface area contributed by atoms with Crippen molar-refractivity contribution in [2.45, 2.75) is 39.0 Å². The van der Waals surface area contributed by atoms with Crippen molar-refractivity contribution in [2.24, 2.45) is 17.3 Å². The predicted octanol–water partition coefficient (Wildman–Crippen LogP) is 2.29. The van der Waals surface area contributed by atoms with Crippen LogP contribution in [0.5, 0.6) is 0 Å². The van der Waals surface area contributed by atoms with Crippen LogP contribution in [0.15, 0.2) is 0 Å². The molecule has 2 saturated carbocycles. The van der Waals surface area contributed by atoms with Crippen LogP contribution in [0.25, 0.3) is 0 Å². The van der Waals surface area contributed by atoms with Crippen molar-refractivity contribution >= 4 is 5.97 Å². The van der Waals surface area contributed by atoms with Crippen molar-refractivity contribution in [2.75, 3.05) is 0 Å². The normalized spacial score (nSPS) is 46.1. The number of carbonyl (C=O) groups is 1. The Morgan fingerprint density at radius 2 is 1.83 bits per heavy atom. The molecule has 3 atom stereocenters. The van der Waals surface area contributed by atoms with Gasteiger partial charge in [0, 0.05) is 0 Å². The van der Waals surface area contributed by atoms with Crippen molar-refractivity contribution < 1.29 is 9.90 Å². The molecule has 0 amide bonds. The smallest absolute Gasteiger partial charge is 0.309 e. The van der Waals surface area contributed by atoms with Crippen molar-refractivity contribution in [3.63, 3.8) is 0 Å². The SMILES string of the molecule is CC1(C(=O)O)C[C@H]2CCC[C@H]2C1. The molecule has 2 aliphatic carbocycles. The Balaban J connectivity index is 2.11. The third-order valence-corrected chi connectivity index (χ3v) is 3.76. The highest BCUT2D eigenvalue weighted by Crippen LogP contribution is 2.52. The standard InChI is InChI=1S/C10H16O2/c1-10(9(11)12)5-7-3-2-4-8(7)6-10/h7-8H,2-6H2,1H3,(H,11,12)/t7-,8+,10?. The van der Waals surface area contributed by atoms with Gasteiger partial charge in [-0.3, -0.25) is 4.79 Å². The Bertz CT molecular complexity index is 198. The molecule has 0 aromatic rings. The fraction of sp³-hybridized carbons (Fsp3) is 0.900. The summed E-state index contributed by atoms with van der Waals surface area (Å²) in [7, 11) is 0. The first-order chi connectivity index (χ1) is 5.62. The number of fused-ring (bicyclic) bond motifs is 1. The largest absolute Gasteiger partial charge is 0.481 e. The summed E-state index contributed by atoms with van der Waals surface area (Å²) in [5.41, 5.74) is -0.393. The summed E-state index contributed by atoms with van der Waals surface area (Å²) in [6.45, 7) is 1.91. The molecule has 0 radical (unpaired) electrons. The lowest BCUT2D eigenvalue weighted by Gasteiger charge is -2.18. The lowest BCUT2D eigenvalue weighted by Crippen LogP contribution is -2.24. The molecular formula is C10H16O2. The van der Waals surface area contributed by atoms with E-state index in [4.69, 9.17) is 5.11 Å². The fourth-order valence-electron chi connectivity index (χ4n) is 3.07. The van der Waals surface area contributed by atoms with Crippen LogP contribution in [0.3, 0.4) is 0 Å². The molecule has 2 nitrogen and oxygen atoms in total. The molecule has 2 fully saturated rings. The van der Waals surface area contributed by atoms with E-state index in [1.54, 1.807) is 0 Å². The second-order valence-corrected chi connectivity index (χ2v) is 4.73. The first-order valence-electron chi connectivity index (χ1n) is 4.85. The quantitative estimate of drug-likeness (QED) is 0.652. The minimum absolute atomic E-state index is 0.393. The fourth-order valence-corrected chi connectivity index (χ4v) is 3.07. The highest BCUT2D eigenvalue weighted by atomic mass is 16.4. The molecule has 2 aliphatic rings. The van der Waals surface area contributed by atoms with Crippen LogP contribution in [0.4, 0.5) is 0 Å². The molecular weight excluding hydrogens is 152 g/mol. The lowest BCUT2D eigenvalue weighted by atomic mass is 9.86. The van der Waals surface area contributed by atoms with Gasteiger partial charge in [-0.2, -0.15) is 0 Å². The van der Waals surface area contributed by atoms with E-state index in [0.29, 0.717) is 0 Å². The monoisotopic (exact) mass is 168 g/mol. The molecule has 0 heterocycles. The Morgan fingerprint density at radius 1 is 1.33 bits per heavy atom. The Morgan fingerprint density at radius 3 is 2.25 bits per heavy atom. The lowest BCUT2D eigenvalue weighted by molar-refractivity contribution is -0.147. The highest BCUT2D eigenvalue weighted by molar-refractivity contribution is 5.74. The molecule has 2 heteroatoms. The summed E-state index contributed by atoms with van der Waals surface area (Å²) in [5, 5.41) is 9.03. The summed E-state index contributed by atoms with van der Waals surface area (Å²) in [5.74, 6) is 0.870. The Hall–Kier alpha value is -0.530. The van der Waals surface area contributed by atoms with Crippen molar-refractivity contribution in [1.82, 2.24) is 0 Å². The second-order valence-electron chi connectivity index (χ2n) is 4.73. The zero-order valence-corrected chi connectivity index (χ0v) is 7.55. The van der Waals surface area contributed by atoms with Crippen molar-refractivity contribution in [1.29, 1.82) is 0 Å². The van der Waals surface area contributed by atoms with Crippen LogP contribution in [-0.2, 0) is 4.79 Å². The molecule has 68 valence electrons. The van der Waals surface area contributed by atoms with Gasteiger partial charge in [0.05, 0.1) is 5.41 Å². The van der Waals surface area contributed by atoms with E-state index in [1.807, 2.05) is 6.92 Å². The average Bonchev–Trinajstić information content (AvgIpc) is 2.44. The molecule has 0 aromatic carbocycles. The van der Waals surface area contributed by atoms with E-state index in [-0.39, 0.29) is 0 Å². The van der Waals surface area contributed by atoms with Gasteiger partial charge in [0.15, 0.2) is 0 Å². The molecule has 1 unspecified atom stereocenters. The van der Waals surface area contributed by atoms with Gasteiger partial charge in [0.1, 0.15) is 0 Å². The van der Waals surface area contributed by atoms with E-state index in [1.165, 1.54) is 19.3 Å². The van der Waals surface area contributed by atoms with E-state index < -0.39 is 11.4 Å². The van der Waals surface area contributed by atoms with E-state index in [9.17, 15) is 4.79 Å². The van der Waals surface area contributed by atoms with Gasteiger partial charge in [-0.15, -0.1) is 0 Å². The minimum atomic E-state index is -0.586. The van der Waals surface area contributed by atoms with Crippen molar-refractivity contribution in [3.8, 4) is 0 Å². The summed E-state index contributed by atoms with van der Waals surface area (Å²) >= 11 is 0. The van der Waals surface area contributed by atoms with E-state index in [0.717, 1.165) is 24.7 Å². The first-order valence-corrected chi connectivity index (χ1v) is 4.85. The predicted molar refractivity (Wildman–Crippen MR) is 45.8 cm³/mol. The average molecular weight is 168 g/mol. The minimum Gasteiger partial charge on any atom is -0.481 e. The van der Waals surface area contributed by atoms with Crippen LogP contribution < -0.4 is 0 Å². The maximum Gasteiger partial charge on any atom is 0.309 e. The maximum atomic E-state index is 11.0. The first kappa shape index (κ1) is 8.09. The third-order valence-electron chi connectivity index (χ3n) is 3.76. The van der Waals surface area contributed by atoms with Gasteiger partial charge in [-0.1, -0.05) is 19.3 Å².